The van der Waals surface area contributed by atoms with Crippen LogP contribution in [0.1, 0.15) is 29.5 Å². The number of hydrogen-bond donors (Lipinski definition) is 1. The van der Waals surface area contributed by atoms with Crippen molar-refractivity contribution < 1.29 is 4.74 Å². The van der Waals surface area contributed by atoms with Crippen LogP contribution in [0.25, 0.3) is 0 Å². The molecule has 0 spiro atoms. The minimum absolute atomic E-state index is 0. The van der Waals surface area contributed by atoms with Gasteiger partial charge in [0.2, 0.25) is 0 Å². The highest BCUT2D eigenvalue weighted by atomic mass is 127. The first kappa shape index (κ1) is 21.2. The maximum atomic E-state index is 5.70. The van der Waals surface area contributed by atoms with Gasteiger partial charge in [-0.25, -0.2) is 0 Å². The maximum absolute atomic E-state index is 5.70. The number of ether oxygens (including phenoxy) is 1. The second kappa shape index (κ2) is 10.9. The highest BCUT2D eigenvalue weighted by Crippen LogP contribution is 2.28. The summed E-state index contributed by atoms with van der Waals surface area (Å²) in [5.41, 5.74) is 4.08. The van der Waals surface area contributed by atoms with Gasteiger partial charge in [0.25, 0.3) is 0 Å². The van der Waals surface area contributed by atoms with E-state index in [4.69, 9.17) is 4.74 Å². The molecule has 0 aromatic heterocycles. The summed E-state index contributed by atoms with van der Waals surface area (Å²) in [6.45, 7) is 7.77. The number of guanidine groups is 1. The van der Waals surface area contributed by atoms with Gasteiger partial charge in [0.15, 0.2) is 5.96 Å². The van der Waals surface area contributed by atoms with Gasteiger partial charge in [0.1, 0.15) is 0 Å². The first-order chi connectivity index (χ1) is 11.1. The van der Waals surface area contributed by atoms with E-state index >= 15 is 0 Å². The zero-order valence-corrected chi connectivity index (χ0v) is 17.8. The number of rotatable bonds is 8. The minimum atomic E-state index is 0. The number of likely N-dealkylation sites (N-methyl/N-ethyl adjacent to an activating group) is 1. The maximum Gasteiger partial charge on any atom is 0.193 e. The van der Waals surface area contributed by atoms with Gasteiger partial charge in [0.05, 0.1) is 6.61 Å². The van der Waals surface area contributed by atoms with Crippen LogP contribution in [0.3, 0.4) is 0 Å². The molecule has 0 bridgehead atoms. The van der Waals surface area contributed by atoms with Crippen LogP contribution in [0.15, 0.2) is 23.2 Å². The van der Waals surface area contributed by atoms with E-state index in [0.29, 0.717) is 0 Å². The largest absolute Gasteiger partial charge is 0.379 e. The predicted octanol–water partition coefficient (Wildman–Crippen LogP) is 3.40. The first-order valence-electron chi connectivity index (χ1n) is 8.66. The van der Waals surface area contributed by atoms with Gasteiger partial charge in [0, 0.05) is 33.8 Å². The van der Waals surface area contributed by atoms with Crippen LogP contribution >= 0.6 is 24.0 Å². The molecule has 1 aliphatic rings. The van der Waals surface area contributed by atoms with Crippen LogP contribution in [-0.2, 0) is 11.2 Å². The average molecular weight is 445 g/mol. The molecule has 1 aliphatic carbocycles. The lowest BCUT2D eigenvalue weighted by molar-refractivity contribution is 0.115. The van der Waals surface area contributed by atoms with Crippen molar-refractivity contribution in [2.75, 3.05) is 40.4 Å². The predicted molar refractivity (Wildman–Crippen MR) is 113 cm³/mol. The molecule has 0 unspecified atom stereocenters. The molecule has 24 heavy (non-hydrogen) atoms. The van der Waals surface area contributed by atoms with Crippen molar-refractivity contribution in [3.8, 4) is 0 Å². The molecule has 0 saturated heterocycles. The second-order valence-electron chi connectivity index (χ2n) is 6.59. The zero-order valence-electron chi connectivity index (χ0n) is 15.5. The lowest BCUT2D eigenvalue weighted by Crippen LogP contribution is -2.41. The van der Waals surface area contributed by atoms with Crippen LogP contribution in [0.2, 0.25) is 0 Å². The molecular formula is C19H32IN3O. The van der Waals surface area contributed by atoms with Crippen LogP contribution in [-0.4, -0.2) is 51.3 Å². The van der Waals surface area contributed by atoms with Gasteiger partial charge >= 0.3 is 0 Å². The van der Waals surface area contributed by atoms with Gasteiger partial charge in [-0.2, -0.15) is 0 Å². The van der Waals surface area contributed by atoms with E-state index in [9.17, 15) is 0 Å². The number of nitrogens with zero attached hydrogens (tertiary/aromatic N) is 2. The number of hydrogen-bond acceptors (Lipinski definition) is 2. The number of aryl methyl sites for hydroxylation is 2. The fourth-order valence-corrected chi connectivity index (χ4v) is 2.66. The summed E-state index contributed by atoms with van der Waals surface area (Å²) in [5.74, 6) is 1.76. The third-order valence-corrected chi connectivity index (χ3v) is 4.37. The Kier molecular flexibility index (Phi) is 9.66. The second-order valence-corrected chi connectivity index (χ2v) is 6.59. The van der Waals surface area contributed by atoms with Crippen LogP contribution in [0, 0.1) is 19.8 Å². The molecule has 136 valence electrons. The molecule has 0 radical (unpaired) electrons. The molecule has 1 N–H and O–H groups in total. The molecule has 0 heterocycles. The molecular weight excluding hydrogens is 413 g/mol. The van der Waals surface area contributed by atoms with Crippen molar-refractivity contribution in [1.82, 2.24) is 10.2 Å². The number of benzene rings is 1. The minimum Gasteiger partial charge on any atom is -0.379 e. The summed E-state index contributed by atoms with van der Waals surface area (Å²) < 4.78 is 5.70. The lowest BCUT2D eigenvalue weighted by Gasteiger charge is -2.22. The summed E-state index contributed by atoms with van der Waals surface area (Å²) >= 11 is 0. The van der Waals surface area contributed by atoms with Gasteiger partial charge in [-0.1, -0.05) is 23.8 Å². The molecule has 4 nitrogen and oxygen atoms in total. The molecule has 0 aliphatic heterocycles. The summed E-state index contributed by atoms with van der Waals surface area (Å²) in [4.78, 5) is 6.49. The lowest BCUT2D eigenvalue weighted by atomic mass is 10.0. The number of nitrogens with one attached hydrogen (secondary N) is 1. The van der Waals surface area contributed by atoms with Crippen molar-refractivity contribution in [1.29, 1.82) is 0 Å². The molecule has 1 fully saturated rings. The summed E-state index contributed by atoms with van der Waals surface area (Å²) in [6.07, 6.45) is 3.70. The van der Waals surface area contributed by atoms with Crippen molar-refractivity contribution in [3.05, 3.63) is 34.9 Å². The Labute approximate surface area is 164 Å². The molecule has 1 aromatic carbocycles. The van der Waals surface area contributed by atoms with E-state index in [1.54, 1.807) is 0 Å². The van der Waals surface area contributed by atoms with E-state index in [2.05, 4.69) is 54.3 Å². The molecule has 1 aromatic rings. The van der Waals surface area contributed by atoms with E-state index < -0.39 is 0 Å². The third-order valence-electron chi connectivity index (χ3n) is 4.37. The number of aliphatic imine (C=N–C) groups is 1. The quantitative estimate of drug-likeness (QED) is 0.289. The Hall–Kier alpha value is -0.820. The smallest absolute Gasteiger partial charge is 0.193 e. The zero-order chi connectivity index (χ0) is 16.7. The Bertz CT molecular complexity index is 529. The summed E-state index contributed by atoms with van der Waals surface area (Å²) in [6, 6.07) is 6.65. The first-order valence-corrected chi connectivity index (χ1v) is 8.66. The molecule has 5 heteroatoms. The topological polar surface area (TPSA) is 36.9 Å². The van der Waals surface area contributed by atoms with Crippen LogP contribution < -0.4 is 5.32 Å². The van der Waals surface area contributed by atoms with Crippen molar-refractivity contribution in [2.24, 2.45) is 10.9 Å². The fraction of sp³-hybridized carbons (Fsp3) is 0.632. The highest BCUT2D eigenvalue weighted by molar-refractivity contribution is 14.0. The average Bonchev–Trinajstić information content (AvgIpc) is 3.34. The fourth-order valence-electron chi connectivity index (χ4n) is 2.66. The summed E-state index contributed by atoms with van der Waals surface area (Å²) in [7, 11) is 3.90. The van der Waals surface area contributed by atoms with E-state index in [1.165, 1.54) is 29.5 Å². The third kappa shape index (κ3) is 7.38. The van der Waals surface area contributed by atoms with Gasteiger partial charge in [-0.05, 0) is 50.2 Å². The molecule has 2 rings (SSSR count). The molecule has 0 amide bonds. The number of halogens is 1. The SMILES string of the molecule is CN=C(NCCc1ccc(C)cc1C)N(C)CCOCC1CC1.I. The van der Waals surface area contributed by atoms with Crippen molar-refractivity contribution in [2.45, 2.75) is 33.1 Å². The Morgan fingerprint density at radius 3 is 2.71 bits per heavy atom. The van der Waals surface area contributed by atoms with Crippen molar-refractivity contribution >= 4 is 29.9 Å². The molecule has 0 atom stereocenters. The molecule has 1 saturated carbocycles. The van der Waals surface area contributed by atoms with Crippen LogP contribution in [0.4, 0.5) is 0 Å². The van der Waals surface area contributed by atoms with Crippen LogP contribution in [0.5, 0.6) is 0 Å². The Morgan fingerprint density at radius 2 is 2.08 bits per heavy atom. The summed E-state index contributed by atoms with van der Waals surface area (Å²) in [5, 5.41) is 3.44. The van der Waals surface area contributed by atoms with Gasteiger partial charge < -0.3 is 15.0 Å². The van der Waals surface area contributed by atoms with E-state index in [0.717, 1.165) is 44.6 Å². The standard InChI is InChI=1S/C19H31N3O.HI/c1-15-5-8-18(16(2)13-15)9-10-21-19(20-3)22(4)11-12-23-14-17-6-7-17;/h5,8,13,17H,6-7,9-12,14H2,1-4H3,(H,20,21);1H. The highest BCUT2D eigenvalue weighted by Gasteiger charge is 2.21. The van der Waals surface area contributed by atoms with Gasteiger partial charge in [-0.3, -0.25) is 4.99 Å². The van der Waals surface area contributed by atoms with E-state index in [1.807, 2.05) is 7.05 Å². The van der Waals surface area contributed by atoms with E-state index in [-0.39, 0.29) is 24.0 Å². The normalized spacial score (nSPS) is 14.2. The Balaban J connectivity index is 0.00000288. The Morgan fingerprint density at radius 1 is 1.33 bits per heavy atom. The van der Waals surface area contributed by atoms with Crippen molar-refractivity contribution in [3.63, 3.8) is 0 Å². The van der Waals surface area contributed by atoms with Gasteiger partial charge in [-0.15, -0.1) is 24.0 Å². The monoisotopic (exact) mass is 445 g/mol.